The van der Waals surface area contributed by atoms with Gasteiger partial charge in [0.2, 0.25) is 0 Å². The number of nitrogens with zero attached hydrogens (tertiary/aromatic N) is 2. The number of amides is 1. The molecule has 0 spiro atoms. The van der Waals surface area contributed by atoms with E-state index in [1.165, 1.54) is 18.2 Å². The van der Waals surface area contributed by atoms with Gasteiger partial charge < -0.3 is 4.90 Å². The first-order chi connectivity index (χ1) is 9.92. The molecule has 5 heteroatoms. The fraction of sp³-hybridized carbons (Fsp3) is 0.562. The Balaban J connectivity index is 2.14. The Kier molecular flexibility index (Phi) is 5.22. The molecule has 0 radical (unpaired) electrons. The summed E-state index contributed by atoms with van der Waals surface area (Å²) in [5.74, 6) is -0.614. The zero-order valence-corrected chi connectivity index (χ0v) is 13.5. The molecule has 116 valence electrons. The van der Waals surface area contributed by atoms with Crippen LogP contribution in [0.2, 0.25) is 5.02 Å². The third-order valence-electron chi connectivity index (χ3n) is 4.06. The minimum absolute atomic E-state index is 0.141. The van der Waals surface area contributed by atoms with Crippen LogP contribution < -0.4 is 0 Å². The molecule has 1 fully saturated rings. The molecule has 1 unspecified atom stereocenters. The molecule has 1 atom stereocenters. The van der Waals surface area contributed by atoms with Crippen molar-refractivity contribution < 1.29 is 9.18 Å². The van der Waals surface area contributed by atoms with Crippen LogP contribution in [0.3, 0.4) is 0 Å². The molecule has 1 aliphatic heterocycles. The van der Waals surface area contributed by atoms with E-state index in [0.717, 1.165) is 13.0 Å². The highest BCUT2D eigenvalue weighted by Crippen LogP contribution is 2.20. The van der Waals surface area contributed by atoms with Gasteiger partial charge in [0.25, 0.3) is 5.91 Å². The molecule has 0 bridgehead atoms. The molecule has 1 heterocycles. The van der Waals surface area contributed by atoms with Gasteiger partial charge in [-0.05, 0) is 38.5 Å². The number of carbonyl (C=O) groups excluding carboxylic acids is 1. The molecule has 1 aromatic carbocycles. The van der Waals surface area contributed by atoms with Crippen molar-refractivity contribution in [1.82, 2.24) is 9.80 Å². The van der Waals surface area contributed by atoms with Crippen LogP contribution in [-0.2, 0) is 0 Å². The summed E-state index contributed by atoms with van der Waals surface area (Å²) in [6.45, 7) is 8.68. The van der Waals surface area contributed by atoms with Crippen LogP contribution in [-0.4, -0.2) is 47.4 Å². The maximum atomic E-state index is 13.4. The lowest BCUT2D eigenvalue weighted by Gasteiger charge is -2.43. The van der Waals surface area contributed by atoms with Gasteiger partial charge in [-0.25, -0.2) is 4.39 Å². The number of carbonyl (C=O) groups is 1. The zero-order chi connectivity index (χ0) is 15.6. The van der Waals surface area contributed by atoms with Gasteiger partial charge >= 0.3 is 0 Å². The normalized spacial score (nSPS) is 20.1. The Bertz CT molecular complexity index is 501. The monoisotopic (exact) mass is 312 g/mol. The largest absolute Gasteiger partial charge is 0.336 e. The molecule has 1 amide bonds. The molecular formula is C16H22ClFN2O. The van der Waals surface area contributed by atoms with Gasteiger partial charge in [-0.3, -0.25) is 9.69 Å². The van der Waals surface area contributed by atoms with Gasteiger partial charge in [-0.2, -0.15) is 0 Å². The van der Waals surface area contributed by atoms with E-state index in [1.54, 1.807) is 4.90 Å². The summed E-state index contributed by atoms with van der Waals surface area (Å²) in [5.41, 5.74) is 0.327. The average molecular weight is 313 g/mol. The van der Waals surface area contributed by atoms with Crippen LogP contribution in [0, 0.1) is 5.82 Å². The average Bonchev–Trinajstić information content (AvgIpc) is 2.44. The number of hydrogen-bond acceptors (Lipinski definition) is 2. The minimum Gasteiger partial charge on any atom is -0.336 e. The van der Waals surface area contributed by atoms with E-state index in [2.05, 4.69) is 25.7 Å². The van der Waals surface area contributed by atoms with Gasteiger partial charge in [0.15, 0.2) is 0 Å². The van der Waals surface area contributed by atoms with Crippen molar-refractivity contribution in [3.63, 3.8) is 0 Å². The highest BCUT2D eigenvalue weighted by atomic mass is 35.5. The molecule has 0 N–H and O–H groups in total. The summed E-state index contributed by atoms with van der Waals surface area (Å²) in [6, 6.07) is 4.82. The van der Waals surface area contributed by atoms with E-state index in [1.807, 2.05) is 0 Å². The lowest BCUT2D eigenvalue weighted by molar-refractivity contribution is 0.0371. The van der Waals surface area contributed by atoms with Crippen molar-refractivity contribution in [1.29, 1.82) is 0 Å². The Morgan fingerprint density at radius 3 is 2.67 bits per heavy atom. The quantitative estimate of drug-likeness (QED) is 0.854. The first kappa shape index (κ1) is 16.2. The van der Waals surface area contributed by atoms with Gasteiger partial charge in [-0.15, -0.1) is 0 Å². The van der Waals surface area contributed by atoms with Crippen molar-refractivity contribution >= 4 is 17.5 Å². The lowest BCUT2D eigenvalue weighted by atomic mass is 10.1. The number of hydrogen-bond donors (Lipinski definition) is 0. The Morgan fingerprint density at radius 1 is 1.38 bits per heavy atom. The predicted molar refractivity (Wildman–Crippen MR) is 83.2 cm³/mol. The van der Waals surface area contributed by atoms with Crippen molar-refractivity contribution in [2.75, 3.05) is 19.6 Å². The number of benzene rings is 1. The Labute approximate surface area is 130 Å². The van der Waals surface area contributed by atoms with E-state index in [9.17, 15) is 9.18 Å². The molecule has 0 saturated carbocycles. The predicted octanol–water partition coefficient (Wildman–Crippen LogP) is 3.42. The molecular weight excluding hydrogens is 291 g/mol. The molecule has 2 rings (SSSR count). The molecule has 0 aliphatic carbocycles. The summed E-state index contributed by atoms with van der Waals surface area (Å²) in [4.78, 5) is 16.7. The third kappa shape index (κ3) is 3.74. The first-order valence-electron chi connectivity index (χ1n) is 7.43. The number of piperazine rings is 1. The van der Waals surface area contributed by atoms with Crippen LogP contribution in [0.5, 0.6) is 0 Å². The van der Waals surface area contributed by atoms with Crippen LogP contribution in [0.4, 0.5) is 4.39 Å². The summed E-state index contributed by atoms with van der Waals surface area (Å²) in [7, 11) is 0. The first-order valence-corrected chi connectivity index (χ1v) is 7.81. The van der Waals surface area contributed by atoms with Gasteiger partial charge in [-0.1, -0.05) is 18.5 Å². The fourth-order valence-corrected chi connectivity index (χ4v) is 3.18. The topological polar surface area (TPSA) is 23.6 Å². The van der Waals surface area contributed by atoms with Crippen LogP contribution in [0.25, 0.3) is 0 Å². The van der Waals surface area contributed by atoms with Gasteiger partial charge in [0.1, 0.15) is 5.82 Å². The van der Waals surface area contributed by atoms with Crippen molar-refractivity contribution in [2.24, 2.45) is 0 Å². The van der Waals surface area contributed by atoms with Gasteiger partial charge in [0, 0.05) is 42.3 Å². The van der Waals surface area contributed by atoms with Crippen LogP contribution in [0.15, 0.2) is 18.2 Å². The summed E-state index contributed by atoms with van der Waals surface area (Å²) in [5, 5.41) is 0.256. The molecule has 3 nitrogen and oxygen atoms in total. The van der Waals surface area contributed by atoms with Crippen molar-refractivity contribution in [2.45, 2.75) is 39.3 Å². The maximum Gasteiger partial charge on any atom is 0.254 e. The van der Waals surface area contributed by atoms with Gasteiger partial charge in [0.05, 0.1) is 0 Å². The zero-order valence-electron chi connectivity index (χ0n) is 12.8. The standard InChI is InChI=1S/C16H22ClFN2O/c1-4-15-10-19(5-6-20(15)11(2)3)16(21)12-7-13(17)9-14(18)8-12/h7-9,11,15H,4-6,10H2,1-3H3. The molecule has 0 aromatic heterocycles. The summed E-state index contributed by atoms with van der Waals surface area (Å²) >= 11 is 5.83. The molecule has 1 aromatic rings. The minimum atomic E-state index is -0.473. The third-order valence-corrected chi connectivity index (χ3v) is 4.28. The second-order valence-electron chi connectivity index (χ2n) is 5.80. The lowest BCUT2D eigenvalue weighted by Crippen LogP contribution is -2.56. The second kappa shape index (κ2) is 6.75. The van der Waals surface area contributed by atoms with Crippen molar-refractivity contribution in [3.05, 3.63) is 34.6 Å². The highest BCUT2D eigenvalue weighted by molar-refractivity contribution is 6.31. The SMILES string of the molecule is CCC1CN(C(=O)c2cc(F)cc(Cl)c2)CCN1C(C)C. The van der Waals surface area contributed by atoms with Crippen LogP contribution in [0.1, 0.15) is 37.6 Å². The summed E-state index contributed by atoms with van der Waals surface area (Å²) < 4.78 is 13.4. The van der Waals surface area contributed by atoms with Crippen molar-refractivity contribution in [3.8, 4) is 0 Å². The smallest absolute Gasteiger partial charge is 0.254 e. The maximum absolute atomic E-state index is 13.4. The van der Waals surface area contributed by atoms with Crippen LogP contribution >= 0.6 is 11.6 Å². The summed E-state index contributed by atoms with van der Waals surface area (Å²) in [6.07, 6.45) is 0.992. The van der Waals surface area contributed by atoms with E-state index in [0.29, 0.717) is 30.7 Å². The fourth-order valence-electron chi connectivity index (χ4n) is 2.96. The second-order valence-corrected chi connectivity index (χ2v) is 6.24. The van der Waals surface area contributed by atoms with E-state index < -0.39 is 5.82 Å². The highest BCUT2D eigenvalue weighted by Gasteiger charge is 2.30. The number of rotatable bonds is 3. The molecule has 1 aliphatic rings. The molecule has 21 heavy (non-hydrogen) atoms. The van der Waals surface area contributed by atoms with E-state index in [4.69, 9.17) is 11.6 Å². The Morgan fingerprint density at radius 2 is 2.10 bits per heavy atom. The molecule has 1 saturated heterocycles. The number of halogens is 2. The Hall–Kier alpha value is -1.13. The van der Waals surface area contributed by atoms with E-state index >= 15 is 0 Å². The van der Waals surface area contributed by atoms with E-state index in [-0.39, 0.29) is 10.9 Å².